The van der Waals surface area contributed by atoms with Crippen LogP contribution in [-0.2, 0) is 0 Å². The van der Waals surface area contributed by atoms with E-state index in [4.69, 9.17) is 10.5 Å². The number of nitrogens with one attached hydrogen (secondary N) is 1. The SMILES string of the molecule is COc1c(N)ncnc1NCCN(C)c1cccc(C)c1. The predicted molar refractivity (Wildman–Crippen MR) is 85.9 cm³/mol. The first-order chi connectivity index (χ1) is 10.1. The Morgan fingerprint density at radius 1 is 1.33 bits per heavy atom. The second-order valence-corrected chi connectivity index (χ2v) is 4.83. The first kappa shape index (κ1) is 14.9. The van der Waals surface area contributed by atoms with Gasteiger partial charge in [0, 0.05) is 25.8 Å². The molecule has 1 aromatic carbocycles. The first-order valence-electron chi connectivity index (χ1n) is 6.78. The van der Waals surface area contributed by atoms with Crippen molar-refractivity contribution in [3.8, 4) is 5.75 Å². The Bertz CT molecular complexity index is 602. The summed E-state index contributed by atoms with van der Waals surface area (Å²) in [6, 6.07) is 8.40. The van der Waals surface area contributed by atoms with Gasteiger partial charge in [0.2, 0.25) is 5.75 Å². The van der Waals surface area contributed by atoms with E-state index in [1.54, 1.807) is 7.11 Å². The van der Waals surface area contributed by atoms with Gasteiger partial charge in [-0.05, 0) is 24.6 Å². The summed E-state index contributed by atoms with van der Waals surface area (Å²) in [4.78, 5) is 10.2. The van der Waals surface area contributed by atoms with E-state index in [0.29, 0.717) is 17.4 Å². The highest BCUT2D eigenvalue weighted by molar-refractivity contribution is 5.61. The van der Waals surface area contributed by atoms with Crippen LogP contribution in [0.15, 0.2) is 30.6 Å². The standard InChI is InChI=1S/C15H21N5O/c1-11-5-4-6-12(9-11)20(2)8-7-17-15-13(21-3)14(16)18-10-19-15/h4-6,9-10H,7-8H2,1-3H3,(H3,16,17,18,19). The molecule has 6 nitrogen and oxygen atoms in total. The van der Waals surface area contributed by atoms with E-state index in [-0.39, 0.29) is 0 Å². The number of methoxy groups -OCH3 is 1. The molecule has 0 aliphatic rings. The number of nitrogens with two attached hydrogens (primary N) is 1. The average Bonchev–Trinajstić information content (AvgIpc) is 2.47. The molecule has 0 aliphatic carbocycles. The Labute approximate surface area is 125 Å². The van der Waals surface area contributed by atoms with Crippen LogP contribution in [0.4, 0.5) is 17.3 Å². The molecule has 112 valence electrons. The lowest BCUT2D eigenvalue weighted by Crippen LogP contribution is -2.25. The molecule has 0 amide bonds. The Morgan fingerprint density at radius 2 is 2.14 bits per heavy atom. The molecule has 0 atom stereocenters. The third-order valence-corrected chi connectivity index (χ3v) is 3.22. The van der Waals surface area contributed by atoms with Gasteiger partial charge < -0.3 is 20.7 Å². The molecular weight excluding hydrogens is 266 g/mol. The van der Waals surface area contributed by atoms with Crippen molar-refractivity contribution >= 4 is 17.3 Å². The number of hydrogen-bond acceptors (Lipinski definition) is 6. The normalized spacial score (nSPS) is 10.2. The molecule has 1 aromatic heterocycles. The van der Waals surface area contributed by atoms with E-state index < -0.39 is 0 Å². The minimum atomic E-state index is 0.335. The van der Waals surface area contributed by atoms with Crippen molar-refractivity contribution < 1.29 is 4.74 Å². The van der Waals surface area contributed by atoms with Gasteiger partial charge in [0.25, 0.3) is 0 Å². The van der Waals surface area contributed by atoms with E-state index in [2.05, 4.69) is 58.4 Å². The lowest BCUT2D eigenvalue weighted by Gasteiger charge is -2.20. The zero-order valence-corrected chi connectivity index (χ0v) is 12.6. The average molecular weight is 287 g/mol. The Morgan fingerprint density at radius 3 is 2.86 bits per heavy atom. The number of nitrogens with zero attached hydrogens (tertiary/aromatic N) is 3. The topological polar surface area (TPSA) is 76.3 Å². The number of aromatic nitrogens is 2. The molecule has 0 spiro atoms. The zero-order chi connectivity index (χ0) is 15.2. The van der Waals surface area contributed by atoms with Crippen molar-refractivity contribution in [2.75, 3.05) is 43.2 Å². The van der Waals surface area contributed by atoms with Crippen molar-refractivity contribution in [3.63, 3.8) is 0 Å². The third kappa shape index (κ3) is 3.75. The van der Waals surface area contributed by atoms with Crippen molar-refractivity contribution in [1.82, 2.24) is 9.97 Å². The molecule has 0 radical (unpaired) electrons. The zero-order valence-electron chi connectivity index (χ0n) is 12.6. The molecule has 2 aromatic rings. The Kier molecular flexibility index (Phi) is 4.81. The summed E-state index contributed by atoms with van der Waals surface area (Å²) in [6.07, 6.45) is 1.42. The lowest BCUT2D eigenvalue weighted by molar-refractivity contribution is 0.415. The largest absolute Gasteiger partial charge is 0.490 e. The summed E-state index contributed by atoms with van der Waals surface area (Å²) >= 11 is 0. The summed E-state index contributed by atoms with van der Waals surface area (Å²) < 4.78 is 5.21. The highest BCUT2D eigenvalue weighted by Crippen LogP contribution is 2.25. The van der Waals surface area contributed by atoms with Crippen molar-refractivity contribution in [1.29, 1.82) is 0 Å². The fraction of sp³-hybridized carbons (Fsp3) is 0.333. The molecule has 0 bridgehead atoms. The van der Waals surface area contributed by atoms with Crippen LogP contribution in [0.5, 0.6) is 5.75 Å². The Balaban J connectivity index is 1.94. The highest BCUT2D eigenvalue weighted by atomic mass is 16.5. The van der Waals surface area contributed by atoms with Crippen LogP contribution in [0.1, 0.15) is 5.56 Å². The van der Waals surface area contributed by atoms with E-state index in [1.807, 2.05) is 0 Å². The Hall–Kier alpha value is -2.50. The van der Waals surface area contributed by atoms with Crippen molar-refractivity contribution in [3.05, 3.63) is 36.2 Å². The van der Waals surface area contributed by atoms with Gasteiger partial charge >= 0.3 is 0 Å². The second-order valence-electron chi connectivity index (χ2n) is 4.83. The molecule has 0 saturated heterocycles. The van der Waals surface area contributed by atoms with Crippen LogP contribution in [-0.4, -0.2) is 37.2 Å². The van der Waals surface area contributed by atoms with Gasteiger partial charge in [0.05, 0.1) is 7.11 Å². The second kappa shape index (κ2) is 6.78. The van der Waals surface area contributed by atoms with Gasteiger partial charge in [-0.15, -0.1) is 0 Å². The maximum atomic E-state index is 5.74. The molecule has 0 unspecified atom stereocenters. The fourth-order valence-electron chi connectivity index (χ4n) is 2.05. The monoisotopic (exact) mass is 287 g/mol. The van der Waals surface area contributed by atoms with Crippen LogP contribution in [0.2, 0.25) is 0 Å². The maximum Gasteiger partial charge on any atom is 0.203 e. The summed E-state index contributed by atoms with van der Waals surface area (Å²) in [5.74, 6) is 1.43. The van der Waals surface area contributed by atoms with Crippen molar-refractivity contribution in [2.45, 2.75) is 6.92 Å². The maximum absolute atomic E-state index is 5.74. The van der Waals surface area contributed by atoms with E-state index in [9.17, 15) is 0 Å². The van der Waals surface area contributed by atoms with Crippen molar-refractivity contribution in [2.24, 2.45) is 0 Å². The smallest absolute Gasteiger partial charge is 0.203 e. The van der Waals surface area contributed by atoms with Gasteiger partial charge in [-0.2, -0.15) is 0 Å². The van der Waals surface area contributed by atoms with Crippen LogP contribution < -0.4 is 20.7 Å². The van der Waals surface area contributed by atoms with Gasteiger partial charge in [-0.1, -0.05) is 12.1 Å². The lowest BCUT2D eigenvalue weighted by atomic mass is 10.2. The van der Waals surface area contributed by atoms with E-state index >= 15 is 0 Å². The third-order valence-electron chi connectivity index (χ3n) is 3.22. The number of benzene rings is 1. The number of ether oxygens (including phenoxy) is 1. The van der Waals surface area contributed by atoms with Crippen LogP contribution in [0.3, 0.4) is 0 Å². The molecule has 21 heavy (non-hydrogen) atoms. The summed E-state index contributed by atoms with van der Waals surface area (Å²) in [7, 11) is 3.61. The molecule has 0 aliphatic heterocycles. The first-order valence-corrected chi connectivity index (χ1v) is 6.78. The molecule has 6 heteroatoms. The highest BCUT2D eigenvalue weighted by Gasteiger charge is 2.09. The number of anilines is 3. The van der Waals surface area contributed by atoms with Gasteiger partial charge in [-0.3, -0.25) is 0 Å². The summed E-state index contributed by atoms with van der Waals surface area (Å²) in [6.45, 7) is 3.64. The predicted octanol–water partition coefficient (Wildman–Crippen LogP) is 1.92. The van der Waals surface area contributed by atoms with Gasteiger partial charge in [0.1, 0.15) is 6.33 Å². The van der Waals surface area contributed by atoms with Gasteiger partial charge in [0.15, 0.2) is 11.6 Å². The number of hydrogen-bond donors (Lipinski definition) is 2. The molecule has 2 rings (SSSR count). The molecule has 1 heterocycles. The minimum absolute atomic E-state index is 0.335. The molecule has 3 N–H and O–H groups in total. The fourth-order valence-corrected chi connectivity index (χ4v) is 2.05. The minimum Gasteiger partial charge on any atom is -0.490 e. The molecule has 0 saturated carbocycles. The summed E-state index contributed by atoms with van der Waals surface area (Å²) in [5.41, 5.74) is 8.18. The number of likely N-dealkylation sites (N-methyl/N-ethyl adjacent to an activating group) is 1. The number of nitrogen functional groups attached to an aromatic ring is 1. The number of rotatable bonds is 6. The van der Waals surface area contributed by atoms with Crippen LogP contribution in [0.25, 0.3) is 0 Å². The van der Waals surface area contributed by atoms with E-state index in [0.717, 1.165) is 13.1 Å². The molecular formula is C15H21N5O. The van der Waals surface area contributed by atoms with Crippen LogP contribution >= 0.6 is 0 Å². The summed E-state index contributed by atoms with van der Waals surface area (Å²) in [5, 5.41) is 3.22. The molecule has 0 fully saturated rings. The van der Waals surface area contributed by atoms with Crippen LogP contribution in [0, 0.1) is 6.92 Å². The van der Waals surface area contributed by atoms with Gasteiger partial charge in [-0.25, -0.2) is 9.97 Å². The van der Waals surface area contributed by atoms with E-state index in [1.165, 1.54) is 17.6 Å². The quantitative estimate of drug-likeness (QED) is 0.845. The number of aryl methyl sites for hydroxylation is 1.